The Hall–Kier alpha value is -1.84. The van der Waals surface area contributed by atoms with Crippen LogP contribution < -0.4 is 4.74 Å². The second kappa shape index (κ2) is 4.59. The molecule has 0 saturated heterocycles. The third-order valence-corrected chi connectivity index (χ3v) is 1.96. The van der Waals surface area contributed by atoms with Crippen LogP contribution in [-0.4, -0.2) is 17.0 Å². The molecule has 0 saturated carbocycles. The number of carbonyl (C=O) groups is 2. The molecular formula is C11H12O4. The van der Waals surface area contributed by atoms with Gasteiger partial charge in [-0.1, -0.05) is 19.1 Å². The summed E-state index contributed by atoms with van der Waals surface area (Å²) in [7, 11) is 0. The maximum Gasteiger partial charge on any atom is 0.339 e. The number of rotatable bonds is 3. The number of aryl methyl sites for hydroxylation is 1. The van der Waals surface area contributed by atoms with E-state index in [9.17, 15) is 9.59 Å². The van der Waals surface area contributed by atoms with Crippen LogP contribution in [0.4, 0.5) is 0 Å². The van der Waals surface area contributed by atoms with Crippen molar-refractivity contribution < 1.29 is 19.4 Å². The van der Waals surface area contributed by atoms with Gasteiger partial charge in [-0.25, -0.2) is 4.79 Å². The summed E-state index contributed by atoms with van der Waals surface area (Å²) in [5.41, 5.74) is 0.614. The Morgan fingerprint density at radius 1 is 1.40 bits per heavy atom. The predicted molar refractivity (Wildman–Crippen MR) is 54.1 cm³/mol. The van der Waals surface area contributed by atoms with E-state index >= 15 is 0 Å². The Balaban J connectivity index is 3.11. The second-order valence-corrected chi connectivity index (χ2v) is 3.08. The fraction of sp³-hybridized carbons (Fsp3) is 0.273. The van der Waals surface area contributed by atoms with Gasteiger partial charge in [-0.05, 0) is 18.6 Å². The highest BCUT2D eigenvalue weighted by atomic mass is 16.5. The van der Waals surface area contributed by atoms with Crippen molar-refractivity contribution in [1.82, 2.24) is 0 Å². The van der Waals surface area contributed by atoms with Gasteiger partial charge in [0.15, 0.2) is 0 Å². The average molecular weight is 208 g/mol. The number of ether oxygens (including phenoxy) is 1. The van der Waals surface area contributed by atoms with Crippen molar-refractivity contribution >= 4 is 11.9 Å². The molecule has 0 fully saturated rings. The molecule has 1 rings (SSSR count). The van der Waals surface area contributed by atoms with E-state index in [1.165, 1.54) is 6.07 Å². The van der Waals surface area contributed by atoms with Crippen LogP contribution in [-0.2, 0) is 4.79 Å². The summed E-state index contributed by atoms with van der Waals surface area (Å²) in [6.07, 6.45) is 0.215. The van der Waals surface area contributed by atoms with Crippen LogP contribution in [0.25, 0.3) is 0 Å². The molecule has 0 aliphatic carbocycles. The zero-order chi connectivity index (χ0) is 11.4. The first-order chi connectivity index (χ1) is 7.06. The summed E-state index contributed by atoms with van der Waals surface area (Å²) in [6, 6.07) is 4.79. The summed E-state index contributed by atoms with van der Waals surface area (Å²) in [6.45, 7) is 3.31. The highest BCUT2D eigenvalue weighted by Crippen LogP contribution is 2.22. The quantitative estimate of drug-likeness (QED) is 0.609. The molecule has 0 aliphatic heterocycles. The summed E-state index contributed by atoms with van der Waals surface area (Å²) < 4.78 is 4.92. The first kappa shape index (κ1) is 11.2. The van der Waals surface area contributed by atoms with Crippen LogP contribution in [0.2, 0.25) is 0 Å². The molecule has 1 N–H and O–H groups in total. The smallest absolute Gasteiger partial charge is 0.339 e. The summed E-state index contributed by atoms with van der Waals surface area (Å²) in [5, 5.41) is 8.94. The molecule has 0 heterocycles. The van der Waals surface area contributed by atoms with E-state index in [1.807, 2.05) is 0 Å². The standard InChI is InChI=1S/C11H12O4/c1-3-9(12)15-8-6-4-5-7(2)10(8)11(13)14/h4-6H,3H2,1-2H3,(H,13,14). The highest BCUT2D eigenvalue weighted by molar-refractivity contribution is 5.93. The minimum absolute atomic E-state index is 0.0410. The van der Waals surface area contributed by atoms with Crippen molar-refractivity contribution in [3.63, 3.8) is 0 Å². The topological polar surface area (TPSA) is 63.6 Å². The Morgan fingerprint density at radius 2 is 2.07 bits per heavy atom. The molecule has 1 aromatic carbocycles. The zero-order valence-electron chi connectivity index (χ0n) is 8.61. The Morgan fingerprint density at radius 3 is 2.60 bits per heavy atom. The molecule has 0 aromatic heterocycles. The van der Waals surface area contributed by atoms with Crippen molar-refractivity contribution in [3.8, 4) is 5.75 Å². The fourth-order valence-electron chi connectivity index (χ4n) is 1.19. The van der Waals surface area contributed by atoms with E-state index in [0.29, 0.717) is 5.56 Å². The number of hydrogen-bond donors (Lipinski definition) is 1. The third-order valence-electron chi connectivity index (χ3n) is 1.96. The average Bonchev–Trinajstić information content (AvgIpc) is 2.17. The van der Waals surface area contributed by atoms with Gasteiger partial charge in [0.2, 0.25) is 0 Å². The zero-order valence-corrected chi connectivity index (χ0v) is 8.61. The molecular weight excluding hydrogens is 196 g/mol. The molecule has 0 spiro atoms. The van der Waals surface area contributed by atoms with E-state index < -0.39 is 11.9 Å². The van der Waals surface area contributed by atoms with Gasteiger partial charge in [0.05, 0.1) is 0 Å². The van der Waals surface area contributed by atoms with Gasteiger partial charge < -0.3 is 9.84 Å². The van der Waals surface area contributed by atoms with Crippen molar-refractivity contribution in [2.24, 2.45) is 0 Å². The van der Waals surface area contributed by atoms with Crippen molar-refractivity contribution in [2.75, 3.05) is 0 Å². The van der Waals surface area contributed by atoms with Gasteiger partial charge in [-0.15, -0.1) is 0 Å². The summed E-state index contributed by atoms with van der Waals surface area (Å²) in [4.78, 5) is 22.0. The van der Waals surface area contributed by atoms with Gasteiger partial charge in [-0.2, -0.15) is 0 Å². The van der Waals surface area contributed by atoms with Crippen LogP contribution >= 0.6 is 0 Å². The maximum atomic E-state index is 11.1. The highest BCUT2D eigenvalue weighted by Gasteiger charge is 2.15. The van der Waals surface area contributed by atoms with Crippen molar-refractivity contribution in [2.45, 2.75) is 20.3 Å². The largest absolute Gasteiger partial charge is 0.478 e. The Kier molecular flexibility index (Phi) is 3.44. The molecule has 0 bridgehead atoms. The molecule has 0 aliphatic rings. The molecule has 0 amide bonds. The predicted octanol–water partition coefficient (Wildman–Crippen LogP) is 2.01. The lowest BCUT2D eigenvalue weighted by Crippen LogP contribution is -2.10. The van der Waals surface area contributed by atoms with Gasteiger partial charge in [0, 0.05) is 6.42 Å². The van der Waals surface area contributed by atoms with Gasteiger partial charge in [-0.3, -0.25) is 4.79 Å². The van der Waals surface area contributed by atoms with E-state index in [-0.39, 0.29) is 17.7 Å². The molecule has 0 atom stereocenters. The molecule has 15 heavy (non-hydrogen) atoms. The fourth-order valence-corrected chi connectivity index (χ4v) is 1.19. The number of hydrogen-bond acceptors (Lipinski definition) is 3. The lowest BCUT2D eigenvalue weighted by molar-refractivity contribution is -0.134. The van der Waals surface area contributed by atoms with E-state index in [2.05, 4.69) is 0 Å². The number of carbonyl (C=O) groups excluding carboxylic acids is 1. The first-order valence-electron chi connectivity index (χ1n) is 4.59. The van der Waals surface area contributed by atoms with Crippen LogP contribution in [0.15, 0.2) is 18.2 Å². The van der Waals surface area contributed by atoms with Crippen LogP contribution in [0.1, 0.15) is 29.3 Å². The molecule has 1 aromatic rings. The number of aromatic carboxylic acids is 1. The normalized spacial score (nSPS) is 9.73. The maximum absolute atomic E-state index is 11.1. The van der Waals surface area contributed by atoms with Gasteiger partial charge >= 0.3 is 11.9 Å². The van der Waals surface area contributed by atoms with E-state index in [0.717, 1.165) is 0 Å². The lowest BCUT2D eigenvalue weighted by atomic mass is 10.1. The molecule has 0 radical (unpaired) electrons. The summed E-state index contributed by atoms with van der Waals surface area (Å²) >= 11 is 0. The minimum Gasteiger partial charge on any atom is -0.478 e. The molecule has 4 heteroatoms. The number of carboxylic acid groups (broad SMARTS) is 1. The van der Waals surface area contributed by atoms with E-state index in [4.69, 9.17) is 9.84 Å². The summed E-state index contributed by atoms with van der Waals surface area (Å²) in [5.74, 6) is -1.43. The van der Waals surface area contributed by atoms with Crippen molar-refractivity contribution in [1.29, 1.82) is 0 Å². The lowest BCUT2D eigenvalue weighted by Gasteiger charge is -2.08. The Bertz CT molecular complexity index is 396. The van der Waals surface area contributed by atoms with Crippen LogP contribution in [0.3, 0.4) is 0 Å². The first-order valence-corrected chi connectivity index (χ1v) is 4.59. The van der Waals surface area contributed by atoms with Crippen molar-refractivity contribution in [3.05, 3.63) is 29.3 Å². The monoisotopic (exact) mass is 208 g/mol. The molecule has 80 valence electrons. The number of esters is 1. The Labute approximate surface area is 87.5 Å². The second-order valence-electron chi connectivity index (χ2n) is 3.08. The van der Waals surface area contributed by atoms with Gasteiger partial charge in [0.1, 0.15) is 11.3 Å². The number of carboxylic acids is 1. The molecule has 4 nitrogen and oxygen atoms in total. The van der Waals surface area contributed by atoms with Crippen LogP contribution in [0, 0.1) is 6.92 Å². The minimum atomic E-state index is -1.09. The third kappa shape index (κ3) is 2.56. The SMILES string of the molecule is CCC(=O)Oc1cccc(C)c1C(=O)O. The van der Waals surface area contributed by atoms with E-state index in [1.54, 1.807) is 26.0 Å². The van der Waals surface area contributed by atoms with Crippen LogP contribution in [0.5, 0.6) is 5.75 Å². The molecule has 0 unspecified atom stereocenters. The van der Waals surface area contributed by atoms with Gasteiger partial charge in [0.25, 0.3) is 0 Å². The number of benzene rings is 1.